The van der Waals surface area contributed by atoms with Gasteiger partial charge in [-0.05, 0) is 38.3 Å². The van der Waals surface area contributed by atoms with Crippen molar-refractivity contribution in [3.8, 4) is 11.5 Å². The molecule has 1 saturated heterocycles. The van der Waals surface area contributed by atoms with Crippen LogP contribution < -0.4 is 14.8 Å². The van der Waals surface area contributed by atoms with Crippen LogP contribution in [0.1, 0.15) is 33.1 Å². The standard InChI is InChI=1S/C17H27NO3/c1-3-11-19-16-7-4-5-8-17(16)21-13-10-18-14(2)15-9-6-12-20-15/h4-5,7-8,14-15,18H,3,6,9-13H2,1-2H3. The van der Waals surface area contributed by atoms with Gasteiger partial charge in [0.2, 0.25) is 0 Å². The minimum Gasteiger partial charge on any atom is -0.490 e. The van der Waals surface area contributed by atoms with Crippen LogP contribution in [-0.2, 0) is 4.74 Å². The molecule has 4 nitrogen and oxygen atoms in total. The third kappa shape index (κ3) is 5.21. The van der Waals surface area contributed by atoms with E-state index in [0.29, 0.717) is 25.4 Å². The first-order chi connectivity index (χ1) is 10.3. The van der Waals surface area contributed by atoms with Crippen LogP contribution in [0, 0.1) is 0 Å². The molecule has 4 heteroatoms. The fraction of sp³-hybridized carbons (Fsp3) is 0.647. The first-order valence-corrected chi connectivity index (χ1v) is 8.01. The maximum absolute atomic E-state index is 5.82. The van der Waals surface area contributed by atoms with Gasteiger partial charge in [0, 0.05) is 19.2 Å². The molecule has 118 valence electrons. The predicted molar refractivity (Wildman–Crippen MR) is 84.2 cm³/mol. The molecule has 1 aromatic rings. The smallest absolute Gasteiger partial charge is 0.161 e. The number of ether oxygens (including phenoxy) is 3. The summed E-state index contributed by atoms with van der Waals surface area (Å²) in [7, 11) is 0. The van der Waals surface area contributed by atoms with Crippen molar-refractivity contribution in [3.63, 3.8) is 0 Å². The Labute approximate surface area is 127 Å². The first-order valence-electron chi connectivity index (χ1n) is 8.01. The number of hydrogen-bond donors (Lipinski definition) is 1. The van der Waals surface area contributed by atoms with Crippen molar-refractivity contribution < 1.29 is 14.2 Å². The Kier molecular flexibility index (Phi) is 6.83. The zero-order valence-corrected chi connectivity index (χ0v) is 13.1. The van der Waals surface area contributed by atoms with Crippen molar-refractivity contribution in [2.45, 2.75) is 45.3 Å². The SMILES string of the molecule is CCCOc1ccccc1OCCNC(C)C1CCCO1. The van der Waals surface area contributed by atoms with E-state index in [0.717, 1.165) is 37.5 Å². The van der Waals surface area contributed by atoms with E-state index in [2.05, 4.69) is 19.2 Å². The Bertz CT molecular complexity index is 405. The molecule has 0 spiro atoms. The number of hydrogen-bond acceptors (Lipinski definition) is 4. The summed E-state index contributed by atoms with van der Waals surface area (Å²) in [6.07, 6.45) is 3.68. The van der Waals surface area contributed by atoms with Gasteiger partial charge in [-0.25, -0.2) is 0 Å². The molecular weight excluding hydrogens is 266 g/mol. The maximum atomic E-state index is 5.82. The molecule has 0 radical (unpaired) electrons. The molecule has 2 unspecified atom stereocenters. The topological polar surface area (TPSA) is 39.7 Å². The lowest BCUT2D eigenvalue weighted by atomic mass is 10.1. The van der Waals surface area contributed by atoms with E-state index in [9.17, 15) is 0 Å². The Morgan fingerprint density at radius 3 is 2.57 bits per heavy atom. The first kappa shape index (κ1) is 16.1. The third-order valence-corrected chi connectivity index (χ3v) is 3.66. The molecular formula is C17H27NO3. The highest BCUT2D eigenvalue weighted by molar-refractivity contribution is 5.39. The molecule has 1 N–H and O–H groups in total. The molecule has 1 aliphatic heterocycles. The van der Waals surface area contributed by atoms with Gasteiger partial charge in [0.15, 0.2) is 11.5 Å². The van der Waals surface area contributed by atoms with Gasteiger partial charge in [-0.1, -0.05) is 19.1 Å². The summed E-state index contributed by atoms with van der Waals surface area (Å²) in [5.41, 5.74) is 0. The van der Waals surface area contributed by atoms with Crippen LogP contribution >= 0.6 is 0 Å². The van der Waals surface area contributed by atoms with Gasteiger partial charge in [-0.15, -0.1) is 0 Å². The van der Waals surface area contributed by atoms with Crippen LogP contribution in [0.4, 0.5) is 0 Å². The molecule has 21 heavy (non-hydrogen) atoms. The second kappa shape index (κ2) is 8.90. The van der Waals surface area contributed by atoms with Crippen molar-refractivity contribution in [3.05, 3.63) is 24.3 Å². The van der Waals surface area contributed by atoms with Crippen LogP contribution in [0.3, 0.4) is 0 Å². The summed E-state index contributed by atoms with van der Waals surface area (Å²) >= 11 is 0. The highest BCUT2D eigenvalue weighted by atomic mass is 16.5. The Balaban J connectivity index is 1.70. The van der Waals surface area contributed by atoms with E-state index < -0.39 is 0 Å². The van der Waals surface area contributed by atoms with Crippen LogP contribution in [0.25, 0.3) is 0 Å². The summed E-state index contributed by atoms with van der Waals surface area (Å²) in [4.78, 5) is 0. The molecule has 0 amide bonds. The van der Waals surface area contributed by atoms with Gasteiger partial charge in [-0.2, -0.15) is 0 Å². The van der Waals surface area contributed by atoms with Gasteiger partial charge >= 0.3 is 0 Å². The number of benzene rings is 1. The summed E-state index contributed by atoms with van der Waals surface area (Å²) in [6, 6.07) is 8.22. The summed E-state index contributed by atoms with van der Waals surface area (Å²) in [6.45, 7) is 7.32. The van der Waals surface area contributed by atoms with Gasteiger partial charge < -0.3 is 19.5 Å². The normalized spacial score (nSPS) is 19.4. The van der Waals surface area contributed by atoms with E-state index in [4.69, 9.17) is 14.2 Å². The minimum absolute atomic E-state index is 0.352. The Hall–Kier alpha value is -1.26. The van der Waals surface area contributed by atoms with E-state index in [1.807, 2.05) is 24.3 Å². The van der Waals surface area contributed by atoms with Crippen LogP contribution in [-0.4, -0.2) is 38.5 Å². The summed E-state index contributed by atoms with van der Waals surface area (Å²) < 4.78 is 17.2. The van der Waals surface area contributed by atoms with E-state index in [-0.39, 0.29) is 0 Å². The fourth-order valence-corrected chi connectivity index (χ4v) is 2.48. The monoisotopic (exact) mass is 293 g/mol. The lowest BCUT2D eigenvalue weighted by Gasteiger charge is -2.20. The lowest BCUT2D eigenvalue weighted by Crippen LogP contribution is -2.39. The van der Waals surface area contributed by atoms with Crippen molar-refractivity contribution >= 4 is 0 Å². The number of nitrogens with one attached hydrogen (secondary N) is 1. The van der Waals surface area contributed by atoms with Gasteiger partial charge in [0.05, 0.1) is 12.7 Å². The molecule has 0 saturated carbocycles. The molecule has 1 fully saturated rings. The zero-order valence-electron chi connectivity index (χ0n) is 13.1. The molecule has 1 heterocycles. The Morgan fingerprint density at radius 1 is 1.24 bits per heavy atom. The predicted octanol–water partition coefficient (Wildman–Crippen LogP) is 3.01. The van der Waals surface area contributed by atoms with E-state index >= 15 is 0 Å². The van der Waals surface area contributed by atoms with Crippen molar-refractivity contribution in [2.24, 2.45) is 0 Å². The quantitative estimate of drug-likeness (QED) is 0.711. The molecule has 0 aliphatic carbocycles. The lowest BCUT2D eigenvalue weighted by molar-refractivity contribution is 0.0824. The van der Waals surface area contributed by atoms with Crippen LogP contribution in [0.2, 0.25) is 0 Å². The zero-order chi connectivity index (χ0) is 14.9. The number of para-hydroxylation sites is 2. The third-order valence-electron chi connectivity index (χ3n) is 3.66. The Morgan fingerprint density at radius 2 is 1.95 bits per heavy atom. The fourth-order valence-electron chi connectivity index (χ4n) is 2.48. The minimum atomic E-state index is 0.352. The average Bonchev–Trinajstić information content (AvgIpc) is 3.04. The molecule has 1 aromatic carbocycles. The molecule has 0 bridgehead atoms. The van der Waals surface area contributed by atoms with Crippen LogP contribution in [0.5, 0.6) is 11.5 Å². The summed E-state index contributed by atoms with van der Waals surface area (Å²) in [5, 5.41) is 3.47. The average molecular weight is 293 g/mol. The van der Waals surface area contributed by atoms with Gasteiger partial charge in [-0.3, -0.25) is 0 Å². The molecule has 1 aliphatic rings. The van der Waals surface area contributed by atoms with Gasteiger partial charge in [0.1, 0.15) is 6.61 Å². The van der Waals surface area contributed by atoms with E-state index in [1.54, 1.807) is 0 Å². The molecule has 0 aromatic heterocycles. The van der Waals surface area contributed by atoms with Gasteiger partial charge in [0.25, 0.3) is 0 Å². The summed E-state index contributed by atoms with van der Waals surface area (Å²) in [5.74, 6) is 1.64. The molecule has 2 atom stereocenters. The van der Waals surface area contributed by atoms with Crippen molar-refractivity contribution in [1.29, 1.82) is 0 Å². The highest BCUT2D eigenvalue weighted by Crippen LogP contribution is 2.26. The molecule has 2 rings (SSSR count). The van der Waals surface area contributed by atoms with Crippen molar-refractivity contribution in [2.75, 3.05) is 26.4 Å². The second-order valence-corrected chi connectivity index (χ2v) is 5.44. The second-order valence-electron chi connectivity index (χ2n) is 5.44. The maximum Gasteiger partial charge on any atom is 0.161 e. The van der Waals surface area contributed by atoms with E-state index in [1.165, 1.54) is 6.42 Å². The number of rotatable bonds is 9. The highest BCUT2D eigenvalue weighted by Gasteiger charge is 2.21. The van der Waals surface area contributed by atoms with Crippen LogP contribution in [0.15, 0.2) is 24.3 Å². The largest absolute Gasteiger partial charge is 0.490 e. The van der Waals surface area contributed by atoms with Crippen molar-refractivity contribution in [1.82, 2.24) is 5.32 Å².